The van der Waals surface area contributed by atoms with E-state index in [9.17, 15) is 13.2 Å². The summed E-state index contributed by atoms with van der Waals surface area (Å²) in [6.07, 6.45) is -2.24. The van der Waals surface area contributed by atoms with E-state index < -0.39 is 11.7 Å². The van der Waals surface area contributed by atoms with Crippen LogP contribution in [0.4, 0.5) is 13.2 Å². The van der Waals surface area contributed by atoms with E-state index in [1.54, 1.807) is 17.4 Å². The molecule has 7 heteroatoms. The zero-order valence-corrected chi connectivity index (χ0v) is 16.4. The third kappa shape index (κ3) is 3.52. The molecule has 0 saturated carbocycles. The summed E-state index contributed by atoms with van der Waals surface area (Å²) in [4.78, 5) is 3.99. The number of aromatic amines is 1. The molecule has 146 valence electrons. The number of H-pyrrole nitrogens is 1. The predicted molar refractivity (Wildman–Crippen MR) is 111 cm³/mol. The van der Waals surface area contributed by atoms with E-state index in [1.807, 2.05) is 30.3 Å². The molecule has 2 aromatic heterocycles. The van der Waals surface area contributed by atoms with Crippen LogP contribution in [-0.2, 0) is 12.6 Å². The second kappa shape index (κ2) is 7.43. The lowest BCUT2D eigenvalue weighted by Crippen LogP contribution is -2.05. The number of fused-ring (bicyclic) bond motifs is 2. The van der Waals surface area contributed by atoms with Gasteiger partial charge in [0.1, 0.15) is 0 Å². The van der Waals surface area contributed by atoms with Crippen LogP contribution in [0.15, 0.2) is 42.5 Å². The molecule has 28 heavy (non-hydrogen) atoms. The normalized spacial score (nSPS) is 12.3. The van der Waals surface area contributed by atoms with Crippen molar-refractivity contribution in [1.29, 1.82) is 0 Å². The first-order valence-corrected chi connectivity index (χ1v) is 10.2. The van der Waals surface area contributed by atoms with Gasteiger partial charge in [-0.25, -0.2) is 0 Å². The number of rotatable bonds is 5. The maximum absolute atomic E-state index is 13.6. The zero-order valence-electron chi connectivity index (χ0n) is 14.9. The molecule has 0 spiro atoms. The van der Waals surface area contributed by atoms with Crippen LogP contribution >= 0.6 is 22.9 Å². The summed E-state index contributed by atoms with van der Waals surface area (Å²) in [5, 5.41) is 1.69. The molecule has 0 aliphatic carbocycles. The van der Waals surface area contributed by atoms with Crippen LogP contribution in [0.1, 0.15) is 24.0 Å². The third-order valence-electron chi connectivity index (χ3n) is 4.84. The zero-order chi connectivity index (χ0) is 19.9. The summed E-state index contributed by atoms with van der Waals surface area (Å²) >= 11 is 7.62. The fraction of sp³-hybridized carbons (Fsp3) is 0.238. The number of halogens is 4. The molecule has 4 aromatic rings. The summed E-state index contributed by atoms with van der Waals surface area (Å²) in [7, 11) is 0. The predicted octanol–water partition coefficient (Wildman–Crippen LogP) is 7.00. The highest BCUT2D eigenvalue weighted by atomic mass is 35.5. The van der Waals surface area contributed by atoms with E-state index in [-0.39, 0.29) is 10.5 Å². The number of aromatic nitrogens is 1. The smallest absolute Gasteiger partial charge is 0.353 e. The Labute approximate surface area is 169 Å². The van der Waals surface area contributed by atoms with Crippen molar-refractivity contribution in [3.8, 4) is 10.6 Å². The Morgan fingerprint density at radius 3 is 2.57 bits per heavy atom. The minimum atomic E-state index is -4.49. The van der Waals surface area contributed by atoms with Gasteiger partial charge in [0, 0.05) is 15.1 Å². The highest BCUT2D eigenvalue weighted by Gasteiger charge is 2.34. The summed E-state index contributed by atoms with van der Waals surface area (Å²) in [6, 6.07) is 12.6. The van der Waals surface area contributed by atoms with Gasteiger partial charge in [0.15, 0.2) is 0 Å². The molecule has 3 N–H and O–H groups in total. The van der Waals surface area contributed by atoms with Crippen molar-refractivity contribution < 1.29 is 13.2 Å². The topological polar surface area (TPSA) is 41.8 Å². The number of nitrogens with two attached hydrogens (primary N) is 1. The molecule has 0 aliphatic heterocycles. The molecular formula is C21H18ClF3N2S. The highest BCUT2D eigenvalue weighted by Crippen LogP contribution is 2.43. The molecule has 2 heterocycles. The standard InChI is InChI=1S/C21H18ClF3N2S/c22-13-10-15-14(6-3-4-8-26)20(27-19(15)16(11-13)21(23,24)25)18-9-12-5-1-2-7-17(12)28-18/h1-2,5,7,9-11,27H,3-4,6,8,26H2. The average Bonchev–Trinajstić information content (AvgIpc) is 3.22. The number of unbranched alkanes of at least 4 members (excludes halogenated alkanes) is 1. The fourth-order valence-corrected chi connectivity index (χ4v) is 4.87. The minimum absolute atomic E-state index is 0.0850. The van der Waals surface area contributed by atoms with Gasteiger partial charge < -0.3 is 10.7 Å². The lowest BCUT2D eigenvalue weighted by molar-refractivity contribution is -0.136. The van der Waals surface area contributed by atoms with E-state index in [0.717, 1.165) is 45.1 Å². The molecule has 2 aromatic carbocycles. The number of hydrogen-bond acceptors (Lipinski definition) is 2. The number of thiophene rings is 1. The monoisotopic (exact) mass is 422 g/mol. The number of hydrogen-bond donors (Lipinski definition) is 2. The minimum Gasteiger partial charge on any atom is -0.353 e. The van der Waals surface area contributed by atoms with Gasteiger partial charge in [-0.3, -0.25) is 0 Å². The maximum Gasteiger partial charge on any atom is 0.418 e. The van der Waals surface area contributed by atoms with Crippen molar-refractivity contribution in [3.63, 3.8) is 0 Å². The Bertz CT molecular complexity index is 1110. The van der Waals surface area contributed by atoms with Gasteiger partial charge >= 0.3 is 6.18 Å². The largest absolute Gasteiger partial charge is 0.418 e. The Morgan fingerprint density at radius 1 is 1.07 bits per heavy atom. The molecule has 2 nitrogen and oxygen atoms in total. The number of aryl methyl sites for hydroxylation is 1. The van der Waals surface area contributed by atoms with Crippen molar-refractivity contribution in [2.75, 3.05) is 6.54 Å². The van der Waals surface area contributed by atoms with Crippen LogP contribution in [0.2, 0.25) is 5.02 Å². The van der Waals surface area contributed by atoms with E-state index in [4.69, 9.17) is 17.3 Å². The van der Waals surface area contributed by atoms with Crippen molar-refractivity contribution in [2.24, 2.45) is 5.73 Å². The molecule has 0 unspecified atom stereocenters. The SMILES string of the molecule is NCCCCc1c(-c2cc3ccccc3s2)[nH]c2c(C(F)(F)F)cc(Cl)cc12. The molecule has 0 bridgehead atoms. The van der Waals surface area contributed by atoms with Gasteiger partial charge in [0.25, 0.3) is 0 Å². The average molecular weight is 423 g/mol. The molecular weight excluding hydrogens is 405 g/mol. The molecule has 0 radical (unpaired) electrons. The fourth-order valence-electron chi connectivity index (χ4n) is 3.56. The lowest BCUT2D eigenvalue weighted by atomic mass is 10.0. The molecule has 0 aliphatic rings. The van der Waals surface area contributed by atoms with Gasteiger partial charge in [-0.15, -0.1) is 11.3 Å². The van der Waals surface area contributed by atoms with Gasteiger partial charge in [0.05, 0.1) is 21.7 Å². The van der Waals surface area contributed by atoms with Gasteiger partial charge in [-0.1, -0.05) is 29.8 Å². The first kappa shape index (κ1) is 19.3. The Hall–Kier alpha value is -2.02. The van der Waals surface area contributed by atoms with E-state index in [1.165, 1.54) is 0 Å². The Balaban J connectivity index is 1.96. The first-order valence-electron chi connectivity index (χ1n) is 8.99. The summed E-state index contributed by atoms with van der Waals surface area (Å²) in [5.74, 6) is 0. The van der Waals surface area contributed by atoms with E-state index >= 15 is 0 Å². The van der Waals surface area contributed by atoms with Gasteiger partial charge in [-0.2, -0.15) is 13.2 Å². The summed E-state index contributed by atoms with van der Waals surface area (Å²) in [5.41, 5.74) is 6.57. The molecule has 0 fully saturated rings. The van der Waals surface area contributed by atoms with Crippen LogP contribution in [0.5, 0.6) is 0 Å². The van der Waals surface area contributed by atoms with Crippen LogP contribution in [0, 0.1) is 0 Å². The quantitative estimate of drug-likeness (QED) is 0.334. The molecule has 0 saturated heterocycles. The molecule has 0 atom stereocenters. The second-order valence-corrected chi connectivity index (χ2v) is 8.27. The Morgan fingerprint density at radius 2 is 1.86 bits per heavy atom. The first-order chi connectivity index (χ1) is 13.4. The van der Waals surface area contributed by atoms with Crippen molar-refractivity contribution in [3.05, 3.63) is 58.6 Å². The maximum atomic E-state index is 13.6. The van der Waals surface area contributed by atoms with Crippen LogP contribution in [0.3, 0.4) is 0 Å². The molecule has 4 rings (SSSR count). The highest BCUT2D eigenvalue weighted by molar-refractivity contribution is 7.22. The lowest BCUT2D eigenvalue weighted by Gasteiger charge is -2.09. The summed E-state index contributed by atoms with van der Waals surface area (Å²) < 4.78 is 42.0. The third-order valence-corrected chi connectivity index (χ3v) is 6.19. The van der Waals surface area contributed by atoms with Crippen molar-refractivity contribution >= 4 is 43.9 Å². The van der Waals surface area contributed by atoms with Crippen LogP contribution < -0.4 is 5.73 Å². The summed E-state index contributed by atoms with van der Waals surface area (Å²) in [6.45, 7) is 0.551. The van der Waals surface area contributed by atoms with Crippen molar-refractivity contribution in [1.82, 2.24) is 4.98 Å². The Kier molecular flexibility index (Phi) is 5.12. The van der Waals surface area contributed by atoms with Crippen LogP contribution in [0.25, 0.3) is 31.6 Å². The number of alkyl halides is 3. The van der Waals surface area contributed by atoms with Gasteiger partial charge in [-0.05, 0) is 61.0 Å². The van der Waals surface area contributed by atoms with E-state index in [2.05, 4.69) is 4.98 Å². The van der Waals surface area contributed by atoms with Crippen molar-refractivity contribution in [2.45, 2.75) is 25.4 Å². The molecule has 0 amide bonds. The van der Waals surface area contributed by atoms with E-state index in [0.29, 0.717) is 18.4 Å². The number of benzene rings is 2. The second-order valence-electron chi connectivity index (χ2n) is 6.75. The van der Waals surface area contributed by atoms with Crippen LogP contribution in [-0.4, -0.2) is 11.5 Å². The van der Waals surface area contributed by atoms with Gasteiger partial charge in [0.2, 0.25) is 0 Å². The number of nitrogens with one attached hydrogen (secondary N) is 1.